The second kappa shape index (κ2) is 10.3. The van der Waals surface area contributed by atoms with Crippen LogP contribution in [-0.2, 0) is 11.8 Å². The first-order chi connectivity index (χ1) is 18.2. The molecule has 1 saturated heterocycles. The molecule has 200 valence electrons. The first-order valence-corrected chi connectivity index (χ1v) is 12.3. The molecule has 0 bridgehead atoms. The molecule has 1 saturated carbocycles. The van der Waals surface area contributed by atoms with E-state index in [1.807, 2.05) is 0 Å². The number of hydrogen-bond acceptors (Lipinski definition) is 5. The van der Waals surface area contributed by atoms with Crippen molar-refractivity contribution in [3.63, 3.8) is 0 Å². The van der Waals surface area contributed by atoms with E-state index in [2.05, 4.69) is 15.5 Å². The van der Waals surface area contributed by atoms with Gasteiger partial charge in [-0.3, -0.25) is 9.48 Å². The molecule has 3 amide bonds. The number of urea groups is 1. The normalized spacial score (nSPS) is 20.1. The highest BCUT2D eigenvalue weighted by Crippen LogP contribution is 2.32. The Morgan fingerprint density at radius 2 is 1.87 bits per heavy atom. The van der Waals surface area contributed by atoms with Crippen LogP contribution in [0.15, 0.2) is 47.2 Å². The van der Waals surface area contributed by atoms with Gasteiger partial charge in [-0.05, 0) is 49.6 Å². The third kappa shape index (κ3) is 5.43. The maximum atomic E-state index is 14.3. The topological polar surface area (TPSA) is 92.1 Å². The van der Waals surface area contributed by atoms with Crippen molar-refractivity contribution >= 4 is 24.2 Å². The number of aryl methyl sites for hydroxylation is 1. The summed E-state index contributed by atoms with van der Waals surface area (Å²) in [7, 11) is 1.68. The molecule has 0 unspecified atom stereocenters. The zero-order valence-electron chi connectivity index (χ0n) is 20.9. The molecule has 3 aliphatic rings. The van der Waals surface area contributed by atoms with E-state index in [4.69, 9.17) is 4.74 Å². The first kappa shape index (κ1) is 25.6. The molecular weight excluding hydrogens is 501 g/mol. The van der Waals surface area contributed by atoms with E-state index in [0.29, 0.717) is 23.2 Å². The number of aromatic nitrogens is 2. The molecule has 3 heterocycles. The highest BCUT2D eigenvalue weighted by molar-refractivity contribution is 5.97. The molecule has 5 rings (SSSR count). The van der Waals surface area contributed by atoms with E-state index >= 15 is 0 Å². The number of ether oxygens (including phenoxy) is 1. The fraction of sp³-hybridized carbons (Fsp3) is 0.385. The van der Waals surface area contributed by atoms with Crippen molar-refractivity contribution in [2.45, 2.75) is 44.4 Å². The van der Waals surface area contributed by atoms with Gasteiger partial charge in [0.2, 0.25) is 0 Å². The van der Waals surface area contributed by atoms with Crippen molar-refractivity contribution in [2.75, 3.05) is 13.1 Å². The Bertz CT molecular complexity index is 1320. The van der Waals surface area contributed by atoms with Crippen LogP contribution >= 0.6 is 0 Å². The van der Waals surface area contributed by atoms with E-state index in [0.717, 1.165) is 18.9 Å². The van der Waals surface area contributed by atoms with Crippen LogP contribution in [0.5, 0.6) is 0 Å². The fourth-order valence-corrected chi connectivity index (χ4v) is 4.34. The maximum absolute atomic E-state index is 14.3. The van der Waals surface area contributed by atoms with Crippen LogP contribution in [0.4, 0.5) is 18.0 Å². The largest absolute Gasteiger partial charge is 0.484 e. The van der Waals surface area contributed by atoms with Crippen molar-refractivity contribution in [1.82, 2.24) is 25.0 Å². The van der Waals surface area contributed by atoms with Crippen LogP contribution in [0.25, 0.3) is 6.08 Å². The van der Waals surface area contributed by atoms with Gasteiger partial charge in [-0.2, -0.15) is 10.2 Å². The number of carbonyl (C=O) groups excluding carboxylic acids is 2. The fourth-order valence-electron chi connectivity index (χ4n) is 4.34. The molecule has 2 aromatic rings. The summed E-state index contributed by atoms with van der Waals surface area (Å²) in [6, 6.07) is 2.26. The number of nitrogens with one attached hydrogen (secondary N) is 1. The van der Waals surface area contributed by atoms with Gasteiger partial charge in [0.1, 0.15) is 23.6 Å². The van der Waals surface area contributed by atoms with Gasteiger partial charge in [-0.1, -0.05) is 0 Å². The van der Waals surface area contributed by atoms with Crippen LogP contribution in [0.3, 0.4) is 0 Å². The van der Waals surface area contributed by atoms with Gasteiger partial charge in [-0.15, -0.1) is 0 Å². The van der Waals surface area contributed by atoms with Gasteiger partial charge >= 0.3 is 6.03 Å². The molecular formula is C26H27F3N6O3. The summed E-state index contributed by atoms with van der Waals surface area (Å²) in [5, 5.41) is 12.3. The number of hydrazone groups is 1. The average molecular weight is 529 g/mol. The number of benzene rings is 1. The van der Waals surface area contributed by atoms with Gasteiger partial charge in [-0.25, -0.2) is 23.0 Å². The molecule has 1 aliphatic carbocycles. The lowest BCUT2D eigenvalue weighted by Gasteiger charge is -2.41. The van der Waals surface area contributed by atoms with Crippen molar-refractivity contribution in [3.8, 4) is 0 Å². The molecule has 38 heavy (non-hydrogen) atoms. The molecule has 1 atom stereocenters. The Morgan fingerprint density at radius 1 is 1.16 bits per heavy atom. The van der Waals surface area contributed by atoms with Gasteiger partial charge in [0.15, 0.2) is 5.76 Å². The summed E-state index contributed by atoms with van der Waals surface area (Å²) in [6.45, 7) is 1.62. The lowest BCUT2D eigenvalue weighted by atomic mass is 10.0. The Labute approximate surface area is 217 Å². The molecule has 1 aromatic carbocycles. The Morgan fingerprint density at radius 3 is 2.53 bits per heavy atom. The van der Waals surface area contributed by atoms with Crippen molar-refractivity contribution < 1.29 is 27.5 Å². The number of rotatable bonds is 7. The number of carbonyl (C=O) groups is 2. The van der Waals surface area contributed by atoms with Crippen LogP contribution in [0.1, 0.15) is 53.8 Å². The number of allylic oxidation sites excluding steroid dienone is 2. The van der Waals surface area contributed by atoms with E-state index in [1.54, 1.807) is 13.1 Å². The highest BCUT2D eigenvalue weighted by atomic mass is 19.1. The summed E-state index contributed by atoms with van der Waals surface area (Å²) in [5.41, 5.74) is 1.19. The highest BCUT2D eigenvalue weighted by Gasteiger charge is 2.39. The van der Waals surface area contributed by atoms with E-state index in [9.17, 15) is 22.8 Å². The molecule has 1 N–H and O–H groups in total. The summed E-state index contributed by atoms with van der Waals surface area (Å²) < 4.78 is 49.0. The van der Waals surface area contributed by atoms with Crippen LogP contribution < -0.4 is 5.32 Å². The number of amides is 3. The van der Waals surface area contributed by atoms with Crippen molar-refractivity contribution in [1.29, 1.82) is 0 Å². The minimum absolute atomic E-state index is 0.0239. The monoisotopic (exact) mass is 528 g/mol. The first-order valence-electron chi connectivity index (χ1n) is 12.3. The summed E-state index contributed by atoms with van der Waals surface area (Å²) in [5.74, 6) is -2.28. The maximum Gasteiger partial charge on any atom is 0.341 e. The quantitative estimate of drug-likeness (QED) is 0.434. The predicted octanol–water partition coefficient (Wildman–Crippen LogP) is 4.06. The van der Waals surface area contributed by atoms with Crippen LogP contribution in [0.2, 0.25) is 0 Å². The summed E-state index contributed by atoms with van der Waals surface area (Å²) >= 11 is 0. The molecule has 2 fully saturated rings. The van der Waals surface area contributed by atoms with Gasteiger partial charge in [0, 0.05) is 31.8 Å². The van der Waals surface area contributed by atoms with Crippen molar-refractivity contribution in [2.24, 2.45) is 12.1 Å². The second-order valence-electron chi connectivity index (χ2n) is 9.57. The average Bonchev–Trinajstić information content (AvgIpc) is 3.36. The molecule has 2 aliphatic heterocycles. The molecule has 0 radical (unpaired) electrons. The van der Waals surface area contributed by atoms with Gasteiger partial charge in [0.05, 0.1) is 36.6 Å². The van der Waals surface area contributed by atoms with E-state index in [-0.39, 0.29) is 30.8 Å². The Hall–Kier alpha value is -4.09. The second-order valence-corrected chi connectivity index (χ2v) is 9.57. The van der Waals surface area contributed by atoms with E-state index < -0.39 is 35.6 Å². The standard InChI is InChI=1S/C26H27F3N6O3/c1-15(27)24(6-5-23-21(12-31-33(23)2)25(36)32-19-3-4-19)38-20-13-34(14-20)26(37)35-22(7-8-30-35)16-9-17(28)11-18(29)10-16/h5-6,8-12,19-20,22H,3-4,7,13-14H2,1-2H3,(H,32,36)/b6-5+,24-15-/t22-/m0/s1. The number of likely N-dealkylation sites (tertiary alicyclic amines) is 1. The number of hydrogen-bond donors (Lipinski definition) is 1. The molecule has 12 heteroatoms. The van der Waals surface area contributed by atoms with Crippen molar-refractivity contribution in [3.05, 3.63) is 70.5 Å². The van der Waals surface area contributed by atoms with E-state index in [1.165, 1.54) is 52.1 Å². The minimum Gasteiger partial charge on any atom is -0.484 e. The third-order valence-electron chi connectivity index (χ3n) is 6.58. The zero-order chi connectivity index (χ0) is 27.0. The SMILES string of the molecule is C/C(F)=C(\C=C\c1c(C(=O)NC2CC2)cnn1C)OC1CN(C(=O)N2N=CC[C@H]2c2cc(F)cc(F)c2)C1. The zero-order valence-corrected chi connectivity index (χ0v) is 20.9. The van der Waals surface area contributed by atoms with Crippen LogP contribution in [-0.4, -0.2) is 63.1 Å². The summed E-state index contributed by atoms with van der Waals surface area (Å²) in [6.07, 6.45) is 7.75. The Balaban J connectivity index is 1.20. The molecule has 1 aromatic heterocycles. The minimum atomic E-state index is -0.729. The third-order valence-corrected chi connectivity index (χ3v) is 6.58. The lowest BCUT2D eigenvalue weighted by molar-refractivity contribution is -0.00808. The number of nitrogens with zero attached hydrogens (tertiary/aromatic N) is 5. The van der Waals surface area contributed by atoms with Gasteiger partial charge < -0.3 is 15.0 Å². The summed E-state index contributed by atoms with van der Waals surface area (Å²) in [4.78, 5) is 27.0. The van der Waals surface area contributed by atoms with Crippen LogP contribution in [0, 0.1) is 11.6 Å². The lowest BCUT2D eigenvalue weighted by Crippen LogP contribution is -2.57. The van der Waals surface area contributed by atoms with Gasteiger partial charge in [0.25, 0.3) is 5.91 Å². The molecule has 9 nitrogen and oxygen atoms in total. The predicted molar refractivity (Wildman–Crippen MR) is 132 cm³/mol. The molecule has 0 spiro atoms. The smallest absolute Gasteiger partial charge is 0.341 e. The Kier molecular flexibility index (Phi) is 6.96. The number of halogens is 3.